The minimum atomic E-state index is -0.949. The van der Waals surface area contributed by atoms with Crippen LogP contribution in [0.3, 0.4) is 0 Å². The van der Waals surface area contributed by atoms with Crippen molar-refractivity contribution < 1.29 is 14.4 Å². The van der Waals surface area contributed by atoms with E-state index in [2.05, 4.69) is 15.5 Å². The van der Waals surface area contributed by atoms with Crippen LogP contribution in [0.2, 0.25) is 0 Å². The second-order valence-electron chi connectivity index (χ2n) is 4.94. The van der Waals surface area contributed by atoms with Gasteiger partial charge in [0, 0.05) is 17.8 Å². The first-order valence-electron chi connectivity index (χ1n) is 6.91. The van der Waals surface area contributed by atoms with Crippen LogP contribution in [0, 0.1) is 13.8 Å². The van der Waals surface area contributed by atoms with Gasteiger partial charge < -0.3 is 14.9 Å². The van der Waals surface area contributed by atoms with Crippen molar-refractivity contribution in [1.29, 1.82) is 0 Å². The molecular formula is C15H19N3O3. The van der Waals surface area contributed by atoms with Gasteiger partial charge in [-0.1, -0.05) is 18.5 Å². The van der Waals surface area contributed by atoms with E-state index in [1.807, 2.05) is 20.8 Å². The molecule has 0 fully saturated rings. The van der Waals surface area contributed by atoms with E-state index in [0.717, 1.165) is 35.6 Å². The summed E-state index contributed by atoms with van der Waals surface area (Å²) in [6.07, 6.45) is 1.67. The molecule has 0 unspecified atom stereocenters. The molecule has 0 saturated carbocycles. The van der Waals surface area contributed by atoms with Crippen molar-refractivity contribution in [2.75, 3.05) is 5.32 Å². The molecule has 6 heteroatoms. The second kappa shape index (κ2) is 6.39. The second-order valence-corrected chi connectivity index (χ2v) is 4.94. The van der Waals surface area contributed by atoms with Crippen LogP contribution >= 0.6 is 0 Å². The van der Waals surface area contributed by atoms with E-state index in [0.29, 0.717) is 12.4 Å². The Morgan fingerprint density at radius 3 is 2.71 bits per heavy atom. The zero-order valence-electron chi connectivity index (χ0n) is 12.4. The highest BCUT2D eigenvalue weighted by Gasteiger charge is 2.11. The first kappa shape index (κ1) is 15.0. The number of nitrogens with zero attached hydrogens (tertiary/aromatic N) is 2. The zero-order chi connectivity index (χ0) is 15.4. The van der Waals surface area contributed by atoms with Crippen LogP contribution in [0.25, 0.3) is 0 Å². The topological polar surface area (TPSA) is 88.2 Å². The van der Waals surface area contributed by atoms with Gasteiger partial charge >= 0.3 is 5.97 Å². The summed E-state index contributed by atoms with van der Waals surface area (Å²) >= 11 is 0. The Kier molecular flexibility index (Phi) is 4.57. The lowest BCUT2D eigenvalue weighted by molar-refractivity contribution is 0.0696. The maximum absolute atomic E-state index is 11.2. The van der Waals surface area contributed by atoms with Gasteiger partial charge in [-0.2, -0.15) is 0 Å². The van der Waals surface area contributed by atoms with Gasteiger partial charge in [0.15, 0.2) is 0 Å². The van der Waals surface area contributed by atoms with Crippen LogP contribution in [0.5, 0.6) is 0 Å². The highest BCUT2D eigenvalue weighted by Crippen LogP contribution is 2.16. The van der Waals surface area contributed by atoms with Crippen molar-refractivity contribution in [3.63, 3.8) is 0 Å². The standard InChI is InChI=1S/C15H19N3O3/c1-4-5-12-6-11(15(19)20)7-14(17-12)16-8-13-9(2)18-21-10(13)3/h6-7H,4-5,8H2,1-3H3,(H,16,17)(H,19,20). The lowest BCUT2D eigenvalue weighted by Crippen LogP contribution is -2.07. The number of aryl methyl sites for hydroxylation is 3. The third-order valence-corrected chi connectivity index (χ3v) is 3.26. The van der Waals surface area contributed by atoms with Crippen molar-refractivity contribution in [1.82, 2.24) is 10.1 Å². The lowest BCUT2D eigenvalue weighted by atomic mass is 10.1. The molecule has 2 aromatic rings. The van der Waals surface area contributed by atoms with Crippen molar-refractivity contribution >= 4 is 11.8 Å². The van der Waals surface area contributed by atoms with Crippen LogP contribution < -0.4 is 5.32 Å². The highest BCUT2D eigenvalue weighted by molar-refractivity contribution is 5.88. The Morgan fingerprint density at radius 2 is 2.14 bits per heavy atom. The normalized spacial score (nSPS) is 10.6. The van der Waals surface area contributed by atoms with Crippen LogP contribution in [0.1, 0.15) is 46.4 Å². The number of carbonyl (C=O) groups is 1. The largest absolute Gasteiger partial charge is 0.478 e. The molecule has 2 heterocycles. The fraction of sp³-hybridized carbons (Fsp3) is 0.400. The van der Waals surface area contributed by atoms with Crippen molar-refractivity contribution in [3.8, 4) is 0 Å². The van der Waals surface area contributed by atoms with Gasteiger partial charge in [0.1, 0.15) is 11.6 Å². The van der Waals surface area contributed by atoms with Gasteiger partial charge in [0.05, 0.1) is 11.3 Å². The van der Waals surface area contributed by atoms with Gasteiger partial charge in [-0.3, -0.25) is 0 Å². The third kappa shape index (κ3) is 3.59. The van der Waals surface area contributed by atoms with Crippen LogP contribution in [-0.4, -0.2) is 21.2 Å². The maximum Gasteiger partial charge on any atom is 0.335 e. The minimum Gasteiger partial charge on any atom is -0.478 e. The quantitative estimate of drug-likeness (QED) is 0.850. The summed E-state index contributed by atoms with van der Waals surface area (Å²) in [6.45, 7) is 6.26. The Labute approximate surface area is 123 Å². The van der Waals surface area contributed by atoms with Crippen LogP contribution in [0.15, 0.2) is 16.7 Å². The number of rotatable bonds is 6. The third-order valence-electron chi connectivity index (χ3n) is 3.26. The average Bonchev–Trinajstić information content (AvgIpc) is 2.76. The number of nitrogens with one attached hydrogen (secondary N) is 1. The van der Waals surface area contributed by atoms with Gasteiger partial charge in [-0.15, -0.1) is 0 Å². The van der Waals surface area contributed by atoms with Gasteiger partial charge in [-0.05, 0) is 32.4 Å². The molecule has 0 aromatic carbocycles. The molecule has 112 valence electrons. The molecular weight excluding hydrogens is 270 g/mol. The molecule has 0 aliphatic heterocycles. The number of anilines is 1. The van der Waals surface area contributed by atoms with E-state index in [1.54, 1.807) is 12.1 Å². The van der Waals surface area contributed by atoms with Crippen molar-refractivity contribution in [2.24, 2.45) is 0 Å². The SMILES string of the molecule is CCCc1cc(C(=O)O)cc(NCc2c(C)noc2C)n1. The van der Waals surface area contributed by atoms with E-state index in [9.17, 15) is 4.79 Å². The van der Waals surface area contributed by atoms with Crippen LogP contribution in [-0.2, 0) is 13.0 Å². The summed E-state index contributed by atoms with van der Waals surface area (Å²) in [6, 6.07) is 3.16. The molecule has 0 saturated heterocycles. The Balaban J connectivity index is 2.20. The van der Waals surface area contributed by atoms with Crippen molar-refractivity contribution in [2.45, 2.75) is 40.2 Å². The number of hydrogen-bond acceptors (Lipinski definition) is 5. The van der Waals surface area contributed by atoms with E-state index in [1.165, 1.54) is 0 Å². The van der Waals surface area contributed by atoms with Gasteiger partial charge in [0.25, 0.3) is 0 Å². The summed E-state index contributed by atoms with van der Waals surface area (Å²) in [5.74, 6) is 0.358. The number of hydrogen-bond donors (Lipinski definition) is 2. The summed E-state index contributed by atoms with van der Waals surface area (Å²) in [5.41, 5.74) is 2.81. The predicted molar refractivity (Wildman–Crippen MR) is 78.5 cm³/mol. The average molecular weight is 289 g/mol. The Hall–Kier alpha value is -2.37. The molecule has 0 amide bonds. The molecule has 0 atom stereocenters. The number of pyridine rings is 1. The first-order valence-corrected chi connectivity index (χ1v) is 6.91. The maximum atomic E-state index is 11.2. The zero-order valence-corrected chi connectivity index (χ0v) is 12.4. The number of carboxylic acid groups (broad SMARTS) is 1. The molecule has 0 aliphatic carbocycles. The first-order chi connectivity index (χ1) is 10.0. The van der Waals surface area contributed by atoms with E-state index in [4.69, 9.17) is 9.63 Å². The highest BCUT2D eigenvalue weighted by atomic mass is 16.5. The van der Waals surface area contributed by atoms with E-state index >= 15 is 0 Å². The molecule has 0 aliphatic rings. The summed E-state index contributed by atoms with van der Waals surface area (Å²) in [7, 11) is 0. The predicted octanol–water partition coefficient (Wildman–Crippen LogP) is 2.95. The van der Waals surface area contributed by atoms with E-state index < -0.39 is 5.97 Å². The van der Waals surface area contributed by atoms with Crippen molar-refractivity contribution in [3.05, 3.63) is 40.4 Å². The fourth-order valence-electron chi connectivity index (χ4n) is 2.12. The minimum absolute atomic E-state index is 0.245. The number of aromatic carboxylic acids is 1. The molecule has 2 rings (SSSR count). The molecule has 2 aromatic heterocycles. The molecule has 0 radical (unpaired) electrons. The molecule has 0 spiro atoms. The summed E-state index contributed by atoms with van der Waals surface area (Å²) in [4.78, 5) is 15.6. The fourth-order valence-corrected chi connectivity index (χ4v) is 2.12. The molecule has 21 heavy (non-hydrogen) atoms. The van der Waals surface area contributed by atoms with Crippen LogP contribution in [0.4, 0.5) is 5.82 Å². The van der Waals surface area contributed by atoms with Gasteiger partial charge in [0.2, 0.25) is 0 Å². The van der Waals surface area contributed by atoms with E-state index in [-0.39, 0.29) is 5.56 Å². The monoisotopic (exact) mass is 289 g/mol. The number of carboxylic acids is 1. The molecule has 0 bridgehead atoms. The summed E-state index contributed by atoms with van der Waals surface area (Å²) in [5, 5.41) is 16.2. The van der Waals surface area contributed by atoms with Gasteiger partial charge in [-0.25, -0.2) is 9.78 Å². The Bertz CT molecular complexity index is 630. The Morgan fingerprint density at radius 1 is 1.38 bits per heavy atom. The molecule has 6 nitrogen and oxygen atoms in total. The summed E-state index contributed by atoms with van der Waals surface area (Å²) < 4.78 is 5.10. The lowest BCUT2D eigenvalue weighted by Gasteiger charge is -2.09. The smallest absolute Gasteiger partial charge is 0.335 e. The number of aromatic nitrogens is 2. The molecule has 2 N–H and O–H groups in total.